The molecule has 0 radical (unpaired) electrons. The zero-order valence-corrected chi connectivity index (χ0v) is 10.2. The van der Waals surface area contributed by atoms with Crippen LogP contribution in [0.2, 0.25) is 0 Å². The Labute approximate surface area is 105 Å². The van der Waals surface area contributed by atoms with Gasteiger partial charge in [0.15, 0.2) is 11.6 Å². The summed E-state index contributed by atoms with van der Waals surface area (Å²) in [6.07, 6.45) is 6.10. The molecule has 1 aromatic rings. The van der Waals surface area contributed by atoms with Crippen LogP contribution < -0.4 is 5.32 Å². The molecule has 0 aromatic heterocycles. The maximum atomic E-state index is 13.3. The summed E-state index contributed by atoms with van der Waals surface area (Å²) in [5.74, 6) is 0.177. The Balaban J connectivity index is 2.65. The molecule has 1 N–H and O–H groups in total. The molecule has 0 bridgehead atoms. The van der Waals surface area contributed by atoms with Gasteiger partial charge in [-0.3, -0.25) is 4.79 Å². The van der Waals surface area contributed by atoms with Crippen molar-refractivity contribution in [3.8, 4) is 12.3 Å². The molecule has 0 aliphatic carbocycles. The minimum atomic E-state index is -0.974. The van der Waals surface area contributed by atoms with Crippen molar-refractivity contribution in [3.63, 3.8) is 0 Å². The molecule has 1 rings (SSSR count). The summed E-state index contributed by atoms with van der Waals surface area (Å²) in [6.45, 7) is 1.89. The molecule has 0 saturated carbocycles. The smallest absolute Gasteiger partial charge is 0.224 e. The Morgan fingerprint density at radius 2 is 2.22 bits per heavy atom. The average molecular weight is 251 g/mol. The van der Waals surface area contributed by atoms with E-state index in [4.69, 9.17) is 6.42 Å². The van der Waals surface area contributed by atoms with E-state index >= 15 is 0 Å². The quantitative estimate of drug-likeness (QED) is 0.800. The van der Waals surface area contributed by atoms with Crippen LogP contribution in [0.5, 0.6) is 0 Å². The Kier molecular flexibility index (Phi) is 5.31. The molecule has 0 spiro atoms. The molecule has 0 fully saturated rings. The molecule has 1 amide bonds. The highest BCUT2D eigenvalue weighted by molar-refractivity contribution is 5.78. The van der Waals surface area contributed by atoms with Gasteiger partial charge in [-0.25, -0.2) is 8.78 Å². The van der Waals surface area contributed by atoms with Crippen molar-refractivity contribution in [2.24, 2.45) is 0 Å². The van der Waals surface area contributed by atoms with Crippen LogP contribution in [0.1, 0.15) is 25.3 Å². The van der Waals surface area contributed by atoms with E-state index in [1.54, 1.807) is 0 Å². The molecule has 0 saturated heterocycles. The number of rotatable bonds is 5. The van der Waals surface area contributed by atoms with Crippen LogP contribution in [0.15, 0.2) is 18.2 Å². The van der Waals surface area contributed by atoms with Crippen LogP contribution in [-0.4, -0.2) is 11.9 Å². The van der Waals surface area contributed by atoms with Gasteiger partial charge in [-0.2, -0.15) is 0 Å². The molecule has 0 aliphatic heterocycles. The fourth-order valence-electron chi connectivity index (χ4n) is 1.58. The Morgan fingerprint density at radius 3 is 2.83 bits per heavy atom. The lowest BCUT2D eigenvalue weighted by Gasteiger charge is -2.14. The maximum Gasteiger partial charge on any atom is 0.224 e. The molecule has 4 heteroatoms. The van der Waals surface area contributed by atoms with Crippen LogP contribution in [0, 0.1) is 24.0 Å². The Hall–Kier alpha value is -1.89. The third-order valence-electron chi connectivity index (χ3n) is 2.60. The number of carbonyl (C=O) groups excluding carboxylic acids is 1. The van der Waals surface area contributed by atoms with Gasteiger partial charge in [0.2, 0.25) is 5.91 Å². The van der Waals surface area contributed by atoms with Gasteiger partial charge in [0, 0.05) is 18.0 Å². The van der Waals surface area contributed by atoms with Gasteiger partial charge in [0.05, 0.1) is 6.42 Å². The third-order valence-corrected chi connectivity index (χ3v) is 2.60. The minimum Gasteiger partial charge on any atom is -0.352 e. The highest BCUT2D eigenvalue weighted by Gasteiger charge is 2.14. The molecule has 2 nitrogen and oxygen atoms in total. The normalized spacial score (nSPS) is 11.7. The van der Waals surface area contributed by atoms with Crippen LogP contribution in [0.4, 0.5) is 8.78 Å². The number of hydrogen-bond donors (Lipinski definition) is 1. The molecule has 0 heterocycles. The van der Waals surface area contributed by atoms with Crippen LogP contribution in [0.3, 0.4) is 0 Å². The van der Waals surface area contributed by atoms with Crippen molar-refractivity contribution < 1.29 is 13.6 Å². The maximum absolute atomic E-state index is 13.3. The zero-order chi connectivity index (χ0) is 13.5. The highest BCUT2D eigenvalue weighted by Crippen LogP contribution is 2.12. The second-order valence-corrected chi connectivity index (χ2v) is 3.97. The first-order valence-corrected chi connectivity index (χ1v) is 5.74. The summed E-state index contributed by atoms with van der Waals surface area (Å²) >= 11 is 0. The molecule has 96 valence electrons. The first-order chi connectivity index (χ1) is 8.58. The van der Waals surface area contributed by atoms with Crippen molar-refractivity contribution >= 4 is 5.91 Å². The van der Waals surface area contributed by atoms with Gasteiger partial charge < -0.3 is 5.32 Å². The molecular formula is C14H15F2NO. The summed E-state index contributed by atoms with van der Waals surface area (Å²) in [7, 11) is 0. The van der Waals surface area contributed by atoms with Crippen molar-refractivity contribution in [3.05, 3.63) is 35.4 Å². The summed E-state index contributed by atoms with van der Waals surface area (Å²) in [5, 5.41) is 2.69. The lowest BCUT2D eigenvalue weighted by molar-refractivity contribution is -0.121. The molecule has 18 heavy (non-hydrogen) atoms. The van der Waals surface area contributed by atoms with Crippen LogP contribution in [0.25, 0.3) is 0 Å². The number of nitrogens with one attached hydrogen (secondary N) is 1. The first-order valence-electron chi connectivity index (χ1n) is 5.74. The SMILES string of the molecule is C#CCC(CC)NC(=O)Cc1cccc(F)c1F. The van der Waals surface area contributed by atoms with Gasteiger partial charge in [-0.1, -0.05) is 19.1 Å². The van der Waals surface area contributed by atoms with Crippen LogP contribution in [-0.2, 0) is 11.2 Å². The van der Waals surface area contributed by atoms with Gasteiger partial charge in [-0.15, -0.1) is 12.3 Å². The molecule has 0 aliphatic rings. The number of terminal acetylenes is 1. The predicted molar refractivity (Wildman–Crippen MR) is 65.7 cm³/mol. The van der Waals surface area contributed by atoms with Crippen LogP contribution >= 0.6 is 0 Å². The zero-order valence-electron chi connectivity index (χ0n) is 10.2. The number of carbonyl (C=O) groups is 1. The molecule has 1 aromatic carbocycles. The van der Waals surface area contributed by atoms with Crippen molar-refractivity contribution in [2.75, 3.05) is 0 Å². The number of halogens is 2. The number of amides is 1. The topological polar surface area (TPSA) is 29.1 Å². The molecule has 1 unspecified atom stereocenters. The van der Waals surface area contributed by atoms with Crippen molar-refractivity contribution in [1.82, 2.24) is 5.32 Å². The Bertz CT molecular complexity index is 465. The van der Waals surface area contributed by atoms with Gasteiger partial charge in [-0.05, 0) is 12.5 Å². The largest absolute Gasteiger partial charge is 0.352 e. The fourth-order valence-corrected chi connectivity index (χ4v) is 1.58. The van der Waals surface area contributed by atoms with E-state index in [1.807, 2.05) is 6.92 Å². The lowest BCUT2D eigenvalue weighted by Crippen LogP contribution is -2.35. The second kappa shape index (κ2) is 6.75. The average Bonchev–Trinajstić information content (AvgIpc) is 2.34. The minimum absolute atomic E-state index is 0.0445. The van der Waals surface area contributed by atoms with E-state index in [1.165, 1.54) is 12.1 Å². The first kappa shape index (κ1) is 14.2. The monoisotopic (exact) mass is 251 g/mol. The van der Waals surface area contributed by atoms with E-state index in [-0.39, 0.29) is 23.9 Å². The van der Waals surface area contributed by atoms with E-state index in [9.17, 15) is 13.6 Å². The fraction of sp³-hybridized carbons (Fsp3) is 0.357. The lowest BCUT2D eigenvalue weighted by atomic mass is 10.1. The van der Waals surface area contributed by atoms with E-state index in [0.717, 1.165) is 6.07 Å². The number of benzene rings is 1. The van der Waals surface area contributed by atoms with Gasteiger partial charge in [0.1, 0.15) is 0 Å². The summed E-state index contributed by atoms with van der Waals surface area (Å²) in [6, 6.07) is 3.66. The third kappa shape index (κ3) is 3.85. The summed E-state index contributed by atoms with van der Waals surface area (Å²) < 4.78 is 26.3. The van der Waals surface area contributed by atoms with Crippen molar-refractivity contribution in [2.45, 2.75) is 32.2 Å². The summed E-state index contributed by atoms with van der Waals surface area (Å²) in [4.78, 5) is 11.7. The van der Waals surface area contributed by atoms with E-state index < -0.39 is 11.6 Å². The van der Waals surface area contributed by atoms with E-state index in [2.05, 4.69) is 11.2 Å². The molecular weight excluding hydrogens is 236 g/mol. The highest BCUT2D eigenvalue weighted by atomic mass is 19.2. The van der Waals surface area contributed by atoms with Crippen molar-refractivity contribution in [1.29, 1.82) is 0 Å². The van der Waals surface area contributed by atoms with Gasteiger partial charge >= 0.3 is 0 Å². The van der Waals surface area contributed by atoms with E-state index in [0.29, 0.717) is 12.8 Å². The second-order valence-electron chi connectivity index (χ2n) is 3.97. The van der Waals surface area contributed by atoms with Gasteiger partial charge in [0.25, 0.3) is 0 Å². The standard InChI is InChI=1S/C14H15F2NO/c1-3-6-11(4-2)17-13(18)9-10-7-5-8-12(15)14(10)16/h1,5,7-8,11H,4,6,9H2,2H3,(H,17,18). The Morgan fingerprint density at radius 1 is 1.50 bits per heavy atom. The molecule has 1 atom stereocenters. The predicted octanol–water partition coefficient (Wildman–Crippen LogP) is 2.43. The summed E-state index contributed by atoms with van der Waals surface area (Å²) in [5.41, 5.74) is 0.0445. The number of hydrogen-bond acceptors (Lipinski definition) is 1.